The van der Waals surface area contributed by atoms with E-state index in [4.69, 9.17) is 18.3 Å². The van der Waals surface area contributed by atoms with Crippen molar-refractivity contribution in [3.05, 3.63) is 72.8 Å². The van der Waals surface area contributed by atoms with Gasteiger partial charge in [-0.25, -0.2) is 4.98 Å². The summed E-state index contributed by atoms with van der Waals surface area (Å²) in [5.41, 5.74) is 3.99. The molecule has 138 valence electrons. The van der Waals surface area contributed by atoms with Crippen LogP contribution < -0.4 is 9.47 Å². The van der Waals surface area contributed by atoms with Crippen LogP contribution in [-0.4, -0.2) is 17.1 Å². The second kappa shape index (κ2) is 6.74. The molecule has 0 unspecified atom stereocenters. The molecule has 28 heavy (non-hydrogen) atoms. The number of fused-ring (bicyclic) bond motifs is 2. The van der Waals surface area contributed by atoms with Gasteiger partial charge in [0, 0.05) is 17.0 Å². The number of furan rings is 1. The number of pyridine rings is 1. The van der Waals surface area contributed by atoms with E-state index in [1.54, 1.807) is 19.6 Å². The van der Waals surface area contributed by atoms with Crippen LogP contribution in [0.15, 0.2) is 75.9 Å². The van der Waals surface area contributed by atoms with E-state index in [2.05, 4.69) is 9.97 Å². The highest BCUT2D eigenvalue weighted by Gasteiger charge is 2.11. The normalized spacial score (nSPS) is 11.2. The summed E-state index contributed by atoms with van der Waals surface area (Å²) in [7, 11) is 1.61. The fourth-order valence-electron chi connectivity index (χ4n) is 2.99. The van der Waals surface area contributed by atoms with E-state index >= 15 is 0 Å². The van der Waals surface area contributed by atoms with Crippen molar-refractivity contribution in [3.8, 4) is 23.0 Å². The molecular weight excluding hydrogens is 356 g/mol. The molecule has 0 saturated carbocycles. The maximum absolute atomic E-state index is 5.90. The third-order valence-corrected chi connectivity index (χ3v) is 4.48. The lowest BCUT2D eigenvalue weighted by Crippen LogP contribution is -1.98. The van der Waals surface area contributed by atoms with Gasteiger partial charge >= 0.3 is 0 Å². The van der Waals surface area contributed by atoms with Crippen LogP contribution in [0.25, 0.3) is 33.5 Å². The molecule has 0 saturated heterocycles. The summed E-state index contributed by atoms with van der Waals surface area (Å²) in [6.45, 7) is 0.358. The Bertz CT molecular complexity index is 1250. The molecule has 0 aliphatic heterocycles. The monoisotopic (exact) mass is 372 g/mol. The lowest BCUT2D eigenvalue weighted by atomic mass is 10.1. The molecule has 3 aromatic heterocycles. The minimum absolute atomic E-state index is 0.358. The van der Waals surface area contributed by atoms with Crippen LogP contribution in [0.4, 0.5) is 0 Å². The fraction of sp³-hybridized carbons (Fsp3) is 0.0909. The molecule has 6 nitrogen and oxygen atoms in total. The molecular formula is C22H16N2O4. The Labute approximate surface area is 160 Å². The second-order valence-corrected chi connectivity index (χ2v) is 6.30. The lowest BCUT2D eigenvalue weighted by Gasteiger charge is -2.06. The zero-order chi connectivity index (χ0) is 18.9. The minimum atomic E-state index is 0.358. The summed E-state index contributed by atoms with van der Waals surface area (Å²) in [5, 5.41) is 1.01. The SMILES string of the molecule is COc1ccc(COc2ccc3oc(-c4ccc5occc5c4)nc3c2)nc1. The van der Waals surface area contributed by atoms with Crippen LogP contribution in [0.1, 0.15) is 5.69 Å². The Balaban J connectivity index is 1.38. The smallest absolute Gasteiger partial charge is 0.227 e. The first-order valence-corrected chi connectivity index (χ1v) is 8.78. The van der Waals surface area contributed by atoms with Crippen LogP contribution in [0, 0.1) is 0 Å². The van der Waals surface area contributed by atoms with Gasteiger partial charge < -0.3 is 18.3 Å². The highest BCUT2D eigenvalue weighted by molar-refractivity contribution is 5.84. The summed E-state index contributed by atoms with van der Waals surface area (Å²) in [4.78, 5) is 8.90. The zero-order valence-electron chi connectivity index (χ0n) is 15.1. The first kappa shape index (κ1) is 16.4. The van der Waals surface area contributed by atoms with Gasteiger partial charge in [0.1, 0.15) is 29.2 Å². The van der Waals surface area contributed by atoms with Crippen molar-refractivity contribution in [2.75, 3.05) is 7.11 Å². The standard InChI is InChI=1S/C22H16N2O4/c1-25-18-4-3-16(23-12-18)13-27-17-5-7-21-19(11-17)24-22(28-21)15-2-6-20-14(10-15)8-9-26-20/h2-12H,13H2,1H3. The molecule has 0 aliphatic carbocycles. The molecule has 2 aromatic carbocycles. The van der Waals surface area contributed by atoms with Crippen LogP contribution in [0.3, 0.4) is 0 Å². The van der Waals surface area contributed by atoms with E-state index in [9.17, 15) is 0 Å². The summed E-state index contributed by atoms with van der Waals surface area (Å²) >= 11 is 0. The van der Waals surface area contributed by atoms with Gasteiger partial charge in [0.2, 0.25) is 5.89 Å². The van der Waals surface area contributed by atoms with Gasteiger partial charge in [0.25, 0.3) is 0 Å². The predicted octanol–water partition coefficient (Wildman–Crippen LogP) is 5.22. The molecule has 0 atom stereocenters. The van der Waals surface area contributed by atoms with Crippen molar-refractivity contribution in [1.82, 2.24) is 9.97 Å². The first-order chi connectivity index (χ1) is 13.8. The maximum atomic E-state index is 5.90. The fourth-order valence-corrected chi connectivity index (χ4v) is 2.99. The van der Waals surface area contributed by atoms with Gasteiger partial charge in [-0.15, -0.1) is 0 Å². The molecule has 0 N–H and O–H groups in total. The number of rotatable bonds is 5. The number of ether oxygens (including phenoxy) is 2. The van der Waals surface area contributed by atoms with E-state index < -0.39 is 0 Å². The van der Waals surface area contributed by atoms with E-state index in [0.717, 1.165) is 27.7 Å². The number of hydrogen-bond donors (Lipinski definition) is 0. The number of oxazole rings is 1. The Morgan fingerprint density at radius 1 is 0.929 bits per heavy atom. The number of methoxy groups -OCH3 is 1. The van der Waals surface area contributed by atoms with E-state index in [-0.39, 0.29) is 0 Å². The largest absolute Gasteiger partial charge is 0.495 e. The van der Waals surface area contributed by atoms with Crippen LogP contribution in [0.2, 0.25) is 0 Å². The average Bonchev–Trinajstić information content (AvgIpc) is 3.38. The van der Waals surface area contributed by atoms with Crippen molar-refractivity contribution >= 4 is 22.1 Å². The number of benzene rings is 2. The molecule has 6 heteroatoms. The van der Waals surface area contributed by atoms with Gasteiger partial charge in [-0.05, 0) is 48.5 Å². The molecule has 5 aromatic rings. The summed E-state index contributed by atoms with van der Waals surface area (Å²) in [5.74, 6) is 1.98. The molecule has 0 spiro atoms. The van der Waals surface area contributed by atoms with E-state index in [1.165, 1.54) is 0 Å². The van der Waals surface area contributed by atoms with Crippen LogP contribution in [-0.2, 0) is 6.61 Å². The Morgan fingerprint density at radius 3 is 2.68 bits per heavy atom. The molecule has 0 amide bonds. The molecule has 0 radical (unpaired) electrons. The highest BCUT2D eigenvalue weighted by atomic mass is 16.5. The number of nitrogens with zero attached hydrogens (tertiary/aromatic N) is 2. The third kappa shape index (κ3) is 3.05. The number of hydrogen-bond acceptors (Lipinski definition) is 6. The Morgan fingerprint density at radius 2 is 1.82 bits per heavy atom. The second-order valence-electron chi connectivity index (χ2n) is 6.30. The van der Waals surface area contributed by atoms with Gasteiger partial charge in [-0.2, -0.15) is 0 Å². The Hall–Kier alpha value is -3.80. The lowest BCUT2D eigenvalue weighted by molar-refractivity contribution is 0.301. The van der Waals surface area contributed by atoms with E-state index in [1.807, 2.05) is 54.6 Å². The molecule has 0 fully saturated rings. The molecule has 5 rings (SSSR count). The average molecular weight is 372 g/mol. The van der Waals surface area contributed by atoms with Crippen molar-refractivity contribution in [2.24, 2.45) is 0 Å². The minimum Gasteiger partial charge on any atom is -0.495 e. The summed E-state index contributed by atoms with van der Waals surface area (Å²) in [6.07, 6.45) is 3.34. The number of aromatic nitrogens is 2. The van der Waals surface area contributed by atoms with Crippen LogP contribution in [0.5, 0.6) is 11.5 Å². The molecule has 0 aliphatic rings. The molecule has 3 heterocycles. The van der Waals surface area contributed by atoms with Crippen molar-refractivity contribution in [3.63, 3.8) is 0 Å². The Kier molecular flexibility index (Phi) is 3.94. The highest BCUT2D eigenvalue weighted by Crippen LogP contribution is 2.29. The van der Waals surface area contributed by atoms with Crippen molar-refractivity contribution < 1.29 is 18.3 Å². The maximum Gasteiger partial charge on any atom is 0.227 e. The van der Waals surface area contributed by atoms with Crippen molar-refractivity contribution in [1.29, 1.82) is 0 Å². The van der Waals surface area contributed by atoms with Gasteiger partial charge in [0.15, 0.2) is 5.58 Å². The van der Waals surface area contributed by atoms with Gasteiger partial charge in [-0.1, -0.05) is 0 Å². The first-order valence-electron chi connectivity index (χ1n) is 8.78. The topological polar surface area (TPSA) is 70.5 Å². The molecule has 0 bridgehead atoms. The third-order valence-electron chi connectivity index (χ3n) is 4.48. The van der Waals surface area contributed by atoms with E-state index in [0.29, 0.717) is 29.6 Å². The summed E-state index contributed by atoms with van der Waals surface area (Å²) < 4.78 is 22.2. The predicted molar refractivity (Wildman–Crippen MR) is 104 cm³/mol. The van der Waals surface area contributed by atoms with Gasteiger partial charge in [0.05, 0.1) is 25.3 Å². The van der Waals surface area contributed by atoms with Crippen molar-refractivity contribution in [2.45, 2.75) is 6.61 Å². The van der Waals surface area contributed by atoms with Crippen LogP contribution >= 0.6 is 0 Å². The van der Waals surface area contributed by atoms with Gasteiger partial charge in [-0.3, -0.25) is 4.98 Å². The quantitative estimate of drug-likeness (QED) is 0.421. The summed E-state index contributed by atoms with van der Waals surface area (Å²) in [6, 6.07) is 17.1. The zero-order valence-corrected chi connectivity index (χ0v) is 15.1.